The number of nitrogens with one attached hydrogen (secondary N) is 2. The van der Waals surface area contributed by atoms with Gasteiger partial charge < -0.3 is 10.1 Å². The summed E-state index contributed by atoms with van der Waals surface area (Å²) in [6.07, 6.45) is 3.85. The fraction of sp³-hybridized carbons (Fsp3) is 0.261. The predicted molar refractivity (Wildman–Crippen MR) is 116 cm³/mol. The zero-order chi connectivity index (χ0) is 21.6. The van der Waals surface area contributed by atoms with Gasteiger partial charge in [0.1, 0.15) is 5.60 Å². The van der Waals surface area contributed by atoms with Crippen molar-refractivity contribution in [1.29, 1.82) is 0 Å². The lowest BCUT2D eigenvalue weighted by atomic mass is 10.2. The SMILES string of the molecule is CC(C)(C)OC(=O)Nc1cccc(C(=O)NCCc2cnn(-c3ccccc3)c2)c1. The molecule has 0 aliphatic rings. The Hall–Kier alpha value is -3.61. The minimum absolute atomic E-state index is 0.210. The number of carbonyl (C=O) groups excluding carboxylic acids is 2. The normalized spacial score (nSPS) is 11.0. The van der Waals surface area contributed by atoms with E-state index in [1.54, 1.807) is 51.2 Å². The Kier molecular flexibility index (Phi) is 6.51. The molecule has 2 N–H and O–H groups in total. The van der Waals surface area contributed by atoms with Gasteiger partial charge in [-0.1, -0.05) is 24.3 Å². The van der Waals surface area contributed by atoms with Gasteiger partial charge in [-0.3, -0.25) is 10.1 Å². The number of rotatable bonds is 6. The third-order valence-electron chi connectivity index (χ3n) is 4.13. The van der Waals surface area contributed by atoms with Gasteiger partial charge in [-0.15, -0.1) is 0 Å². The predicted octanol–water partition coefficient (Wildman–Crippen LogP) is 4.19. The fourth-order valence-electron chi connectivity index (χ4n) is 2.79. The van der Waals surface area contributed by atoms with Crippen LogP contribution < -0.4 is 10.6 Å². The Morgan fingerprint density at radius 2 is 1.83 bits per heavy atom. The molecule has 0 atom stereocenters. The second-order valence-corrected chi connectivity index (χ2v) is 7.84. The Morgan fingerprint density at radius 1 is 1.07 bits per heavy atom. The molecule has 2 aromatic carbocycles. The lowest BCUT2D eigenvalue weighted by Gasteiger charge is -2.19. The molecule has 0 aliphatic heterocycles. The van der Waals surface area contributed by atoms with E-state index in [1.165, 1.54) is 0 Å². The van der Waals surface area contributed by atoms with Gasteiger partial charge in [0.15, 0.2) is 0 Å². The zero-order valence-corrected chi connectivity index (χ0v) is 17.4. The van der Waals surface area contributed by atoms with Crippen LogP contribution in [0.4, 0.5) is 10.5 Å². The van der Waals surface area contributed by atoms with Crippen LogP contribution in [0.5, 0.6) is 0 Å². The summed E-state index contributed by atoms with van der Waals surface area (Å²) in [7, 11) is 0. The number of hydrogen-bond donors (Lipinski definition) is 2. The second kappa shape index (κ2) is 9.26. The lowest BCUT2D eigenvalue weighted by molar-refractivity contribution is 0.0635. The molecule has 0 saturated heterocycles. The second-order valence-electron chi connectivity index (χ2n) is 7.84. The standard InChI is InChI=1S/C23H26N4O3/c1-23(2,3)30-22(29)26-19-9-7-8-18(14-19)21(28)24-13-12-17-15-25-27(16-17)20-10-5-4-6-11-20/h4-11,14-16H,12-13H2,1-3H3,(H,24,28)(H,26,29). The van der Waals surface area contributed by atoms with Crippen LogP contribution in [0, 0.1) is 0 Å². The number of hydrogen-bond acceptors (Lipinski definition) is 4. The summed E-state index contributed by atoms with van der Waals surface area (Å²) >= 11 is 0. The van der Waals surface area contributed by atoms with E-state index < -0.39 is 11.7 Å². The van der Waals surface area contributed by atoms with Gasteiger partial charge in [0.2, 0.25) is 0 Å². The molecule has 1 aromatic heterocycles. The minimum Gasteiger partial charge on any atom is -0.444 e. The molecule has 7 nitrogen and oxygen atoms in total. The number of nitrogens with zero attached hydrogens (tertiary/aromatic N) is 2. The summed E-state index contributed by atoms with van der Waals surface area (Å²) in [6.45, 7) is 5.85. The van der Waals surface area contributed by atoms with Crippen molar-refractivity contribution in [3.8, 4) is 5.69 Å². The molecule has 156 valence electrons. The van der Waals surface area contributed by atoms with Crippen LogP contribution in [0.15, 0.2) is 67.0 Å². The summed E-state index contributed by atoms with van der Waals surface area (Å²) < 4.78 is 7.04. The van der Waals surface area contributed by atoms with Crippen LogP contribution in [-0.4, -0.2) is 33.9 Å². The number of carbonyl (C=O) groups is 2. The summed E-state index contributed by atoms with van der Waals surface area (Å²) in [5.74, 6) is -0.210. The Balaban J connectivity index is 1.52. The maximum Gasteiger partial charge on any atom is 0.412 e. The van der Waals surface area contributed by atoms with Gasteiger partial charge in [0.05, 0.1) is 11.9 Å². The lowest BCUT2D eigenvalue weighted by Crippen LogP contribution is -2.28. The van der Waals surface area contributed by atoms with Crippen LogP contribution in [0.3, 0.4) is 0 Å². The van der Waals surface area contributed by atoms with Gasteiger partial charge >= 0.3 is 6.09 Å². The summed E-state index contributed by atoms with van der Waals surface area (Å²) in [5.41, 5.74) is 2.39. The van der Waals surface area contributed by atoms with E-state index in [2.05, 4.69) is 15.7 Å². The van der Waals surface area contributed by atoms with E-state index in [-0.39, 0.29) is 5.91 Å². The molecule has 1 heterocycles. The molecule has 3 rings (SSSR count). The number of anilines is 1. The molecule has 0 fully saturated rings. The molecule has 0 spiro atoms. The van der Waals surface area contributed by atoms with Gasteiger partial charge in [0.25, 0.3) is 5.91 Å². The Labute approximate surface area is 176 Å². The van der Waals surface area contributed by atoms with E-state index in [4.69, 9.17) is 4.74 Å². The number of ether oxygens (including phenoxy) is 1. The molecule has 0 aliphatic carbocycles. The Morgan fingerprint density at radius 3 is 2.57 bits per heavy atom. The van der Waals surface area contributed by atoms with Gasteiger partial charge in [0, 0.05) is 24.0 Å². The number of benzene rings is 2. The van der Waals surface area contributed by atoms with Crippen LogP contribution in [-0.2, 0) is 11.2 Å². The highest BCUT2D eigenvalue weighted by Gasteiger charge is 2.16. The van der Waals surface area contributed by atoms with E-state index in [9.17, 15) is 9.59 Å². The van der Waals surface area contributed by atoms with Crippen LogP contribution in [0.2, 0.25) is 0 Å². The molecule has 0 saturated carbocycles. The fourth-order valence-corrected chi connectivity index (χ4v) is 2.79. The average molecular weight is 406 g/mol. The van der Waals surface area contributed by atoms with Gasteiger partial charge in [-0.05, 0) is 63.1 Å². The molecule has 7 heteroatoms. The maximum absolute atomic E-state index is 12.5. The minimum atomic E-state index is -0.590. The highest BCUT2D eigenvalue weighted by atomic mass is 16.6. The van der Waals surface area contributed by atoms with Crippen molar-refractivity contribution in [1.82, 2.24) is 15.1 Å². The van der Waals surface area contributed by atoms with Crippen molar-refractivity contribution in [3.63, 3.8) is 0 Å². The molecule has 0 radical (unpaired) electrons. The van der Waals surface area contributed by atoms with Crippen molar-refractivity contribution in [2.24, 2.45) is 0 Å². The van der Waals surface area contributed by atoms with E-state index in [0.29, 0.717) is 24.2 Å². The van der Waals surface area contributed by atoms with Crippen LogP contribution in [0.25, 0.3) is 5.69 Å². The quantitative estimate of drug-likeness (QED) is 0.643. The number of aromatic nitrogens is 2. The van der Waals surface area contributed by atoms with Crippen molar-refractivity contribution in [3.05, 3.63) is 78.1 Å². The monoisotopic (exact) mass is 406 g/mol. The average Bonchev–Trinajstić information content (AvgIpc) is 3.16. The van der Waals surface area contributed by atoms with Crippen molar-refractivity contribution in [2.45, 2.75) is 32.8 Å². The molecule has 0 unspecified atom stereocenters. The van der Waals surface area contributed by atoms with Crippen molar-refractivity contribution < 1.29 is 14.3 Å². The van der Waals surface area contributed by atoms with E-state index in [0.717, 1.165) is 11.3 Å². The van der Waals surface area contributed by atoms with Crippen molar-refractivity contribution >= 4 is 17.7 Å². The summed E-state index contributed by atoms with van der Waals surface area (Å²) in [5, 5.41) is 9.90. The highest BCUT2D eigenvalue weighted by Crippen LogP contribution is 2.14. The summed E-state index contributed by atoms with van der Waals surface area (Å²) in [4.78, 5) is 24.4. The van der Waals surface area contributed by atoms with E-state index >= 15 is 0 Å². The third-order valence-corrected chi connectivity index (χ3v) is 4.13. The van der Waals surface area contributed by atoms with Crippen molar-refractivity contribution in [2.75, 3.05) is 11.9 Å². The van der Waals surface area contributed by atoms with Gasteiger partial charge in [-0.2, -0.15) is 5.10 Å². The topological polar surface area (TPSA) is 85.2 Å². The number of amides is 2. The Bertz CT molecular complexity index is 1010. The molecule has 0 bridgehead atoms. The molecule has 2 amide bonds. The van der Waals surface area contributed by atoms with Crippen LogP contribution >= 0.6 is 0 Å². The molecular formula is C23H26N4O3. The molecule has 3 aromatic rings. The maximum atomic E-state index is 12.5. The van der Waals surface area contributed by atoms with E-state index in [1.807, 2.05) is 41.2 Å². The smallest absolute Gasteiger partial charge is 0.412 e. The largest absolute Gasteiger partial charge is 0.444 e. The first-order valence-electron chi connectivity index (χ1n) is 9.77. The molecular weight excluding hydrogens is 380 g/mol. The van der Waals surface area contributed by atoms with Crippen LogP contribution in [0.1, 0.15) is 36.7 Å². The third kappa shape index (κ3) is 6.20. The zero-order valence-electron chi connectivity index (χ0n) is 17.4. The first kappa shape index (κ1) is 21.1. The first-order chi connectivity index (χ1) is 14.3. The summed E-state index contributed by atoms with van der Waals surface area (Å²) in [6, 6.07) is 16.6. The molecule has 30 heavy (non-hydrogen) atoms. The van der Waals surface area contributed by atoms with Gasteiger partial charge in [-0.25, -0.2) is 9.48 Å². The highest BCUT2D eigenvalue weighted by molar-refractivity contribution is 5.96. The number of para-hydroxylation sites is 1. The first-order valence-corrected chi connectivity index (χ1v) is 9.77.